The topological polar surface area (TPSA) is 53.4 Å². The van der Waals surface area contributed by atoms with E-state index >= 15 is 0 Å². The Bertz CT molecular complexity index is 248. The first kappa shape index (κ1) is 8.97. The van der Waals surface area contributed by atoms with E-state index in [1.54, 1.807) is 18.5 Å². The Balaban J connectivity index is 2.43. The molecule has 0 atom stereocenters. The Labute approximate surface area is 71.5 Å². The Morgan fingerprint density at radius 3 is 2.58 bits per heavy atom. The average Bonchev–Trinajstić information content (AvgIpc) is 2.05. The van der Waals surface area contributed by atoms with Crippen LogP contribution in [-0.2, 0) is 6.42 Å². The van der Waals surface area contributed by atoms with Crippen LogP contribution < -0.4 is 0 Å². The van der Waals surface area contributed by atoms with E-state index < -0.39 is 7.12 Å². The molecule has 1 aromatic rings. The van der Waals surface area contributed by atoms with E-state index in [0.29, 0.717) is 6.42 Å². The van der Waals surface area contributed by atoms with Crippen LogP contribution in [0, 0.1) is 0 Å². The van der Waals surface area contributed by atoms with Gasteiger partial charge in [-0.25, -0.2) is 0 Å². The molecule has 0 amide bonds. The maximum Gasteiger partial charge on any atom is 0.480 e. The molecule has 0 aliphatic rings. The molecule has 62 valence electrons. The van der Waals surface area contributed by atoms with Crippen molar-refractivity contribution in [2.75, 3.05) is 0 Å². The summed E-state index contributed by atoms with van der Waals surface area (Å²) < 4.78 is 0. The van der Waals surface area contributed by atoms with Crippen molar-refractivity contribution < 1.29 is 10.0 Å². The van der Waals surface area contributed by atoms with Gasteiger partial charge in [-0.3, -0.25) is 4.98 Å². The predicted octanol–water partition coefficient (Wildman–Crippen LogP) is 0.192. The van der Waals surface area contributed by atoms with Crippen LogP contribution in [0.5, 0.6) is 0 Å². The second-order valence-corrected chi connectivity index (χ2v) is 2.40. The first-order valence-electron chi connectivity index (χ1n) is 3.71. The van der Waals surface area contributed by atoms with Crippen LogP contribution in [-0.4, -0.2) is 22.2 Å². The van der Waals surface area contributed by atoms with Gasteiger partial charge in [0, 0.05) is 12.4 Å². The number of nitrogens with zero attached hydrogens (tertiary/aromatic N) is 1. The minimum absolute atomic E-state index is 0.695. The lowest BCUT2D eigenvalue weighted by Gasteiger charge is -1.93. The molecule has 0 saturated heterocycles. The molecule has 0 aromatic carbocycles. The highest BCUT2D eigenvalue weighted by Crippen LogP contribution is 1.97. The van der Waals surface area contributed by atoms with Crippen LogP contribution in [0.1, 0.15) is 5.56 Å². The van der Waals surface area contributed by atoms with Gasteiger partial charge >= 0.3 is 7.12 Å². The van der Waals surface area contributed by atoms with Crippen LogP contribution in [0.4, 0.5) is 0 Å². The van der Waals surface area contributed by atoms with E-state index in [1.165, 1.54) is 5.98 Å². The Morgan fingerprint density at radius 2 is 2.00 bits per heavy atom. The lowest BCUT2D eigenvalue weighted by atomic mass is 9.91. The minimum atomic E-state index is -1.35. The summed E-state index contributed by atoms with van der Waals surface area (Å²) in [4.78, 5) is 3.87. The van der Waals surface area contributed by atoms with Crippen molar-refractivity contribution in [1.29, 1.82) is 0 Å². The van der Waals surface area contributed by atoms with Crippen LogP contribution in [0.2, 0.25) is 0 Å². The molecular weight excluding hydrogens is 153 g/mol. The second-order valence-electron chi connectivity index (χ2n) is 2.40. The third-order valence-electron chi connectivity index (χ3n) is 1.41. The molecule has 1 rings (SSSR count). The fraction of sp³-hybridized carbons (Fsp3) is 0.125. The highest BCUT2D eigenvalue weighted by Gasteiger charge is 1.96. The number of allylic oxidation sites excluding steroid dienone is 1. The smallest absolute Gasteiger partial charge is 0.424 e. The molecule has 0 bridgehead atoms. The molecule has 1 aromatic heterocycles. The molecule has 0 aliphatic heterocycles. The van der Waals surface area contributed by atoms with Gasteiger partial charge in [-0.05, 0) is 24.1 Å². The summed E-state index contributed by atoms with van der Waals surface area (Å²) in [6.07, 6.45) is 5.82. The molecule has 1 heterocycles. The fourth-order valence-corrected chi connectivity index (χ4v) is 0.845. The first-order valence-corrected chi connectivity index (χ1v) is 3.71. The zero-order valence-electron chi connectivity index (χ0n) is 6.59. The van der Waals surface area contributed by atoms with E-state index in [0.717, 1.165) is 5.56 Å². The molecule has 3 nitrogen and oxygen atoms in total. The number of aromatic nitrogens is 1. The third kappa shape index (κ3) is 3.32. The number of rotatable bonds is 3. The zero-order valence-corrected chi connectivity index (χ0v) is 6.59. The van der Waals surface area contributed by atoms with Gasteiger partial charge in [0.05, 0.1) is 0 Å². The van der Waals surface area contributed by atoms with Gasteiger partial charge in [-0.2, -0.15) is 0 Å². The van der Waals surface area contributed by atoms with Gasteiger partial charge in [0.2, 0.25) is 0 Å². The number of hydrogen-bond acceptors (Lipinski definition) is 3. The summed E-state index contributed by atoms with van der Waals surface area (Å²) in [5, 5.41) is 17.0. The molecular formula is C8H10BNO2. The maximum atomic E-state index is 8.49. The van der Waals surface area contributed by atoms with Gasteiger partial charge in [0.25, 0.3) is 0 Å². The van der Waals surface area contributed by atoms with Crippen molar-refractivity contribution in [3.8, 4) is 0 Å². The number of pyridine rings is 1. The lowest BCUT2D eigenvalue weighted by molar-refractivity contribution is 0.424. The highest BCUT2D eigenvalue weighted by atomic mass is 16.4. The Kier molecular flexibility index (Phi) is 3.51. The summed E-state index contributed by atoms with van der Waals surface area (Å²) in [7, 11) is -1.35. The molecule has 0 saturated carbocycles. The molecule has 2 N–H and O–H groups in total. The van der Waals surface area contributed by atoms with Gasteiger partial charge in [0.15, 0.2) is 0 Å². The average molecular weight is 163 g/mol. The molecule has 0 aliphatic carbocycles. The summed E-state index contributed by atoms with van der Waals surface area (Å²) in [6.45, 7) is 0. The standard InChI is InChI=1S/C8H10BNO2/c11-9(12)5-1-2-8-3-6-10-7-4-8/h1,3-7,11-12H,2H2/b5-1+. The van der Waals surface area contributed by atoms with Crippen molar-refractivity contribution in [1.82, 2.24) is 4.98 Å². The number of hydrogen-bond donors (Lipinski definition) is 2. The van der Waals surface area contributed by atoms with E-state index in [-0.39, 0.29) is 0 Å². The van der Waals surface area contributed by atoms with E-state index in [2.05, 4.69) is 4.98 Å². The van der Waals surface area contributed by atoms with Crippen molar-refractivity contribution in [2.45, 2.75) is 6.42 Å². The Morgan fingerprint density at radius 1 is 1.33 bits per heavy atom. The summed E-state index contributed by atoms with van der Waals surface area (Å²) in [6, 6.07) is 3.77. The minimum Gasteiger partial charge on any atom is -0.424 e. The largest absolute Gasteiger partial charge is 0.480 e. The van der Waals surface area contributed by atoms with Gasteiger partial charge in [0.1, 0.15) is 0 Å². The molecule has 0 radical (unpaired) electrons. The van der Waals surface area contributed by atoms with E-state index in [9.17, 15) is 0 Å². The van der Waals surface area contributed by atoms with Crippen LogP contribution in [0.25, 0.3) is 0 Å². The molecule has 12 heavy (non-hydrogen) atoms. The normalized spacial score (nSPS) is 10.5. The van der Waals surface area contributed by atoms with Gasteiger partial charge in [-0.1, -0.05) is 12.1 Å². The molecule has 0 unspecified atom stereocenters. The van der Waals surface area contributed by atoms with Gasteiger partial charge < -0.3 is 10.0 Å². The first-order chi connectivity index (χ1) is 5.79. The monoisotopic (exact) mass is 163 g/mol. The third-order valence-corrected chi connectivity index (χ3v) is 1.41. The van der Waals surface area contributed by atoms with Crippen LogP contribution in [0.15, 0.2) is 36.6 Å². The highest BCUT2D eigenvalue weighted by molar-refractivity contribution is 6.47. The SMILES string of the molecule is OB(O)/C=C/Cc1ccncc1. The lowest BCUT2D eigenvalue weighted by Crippen LogP contribution is -2.05. The second kappa shape index (κ2) is 4.69. The van der Waals surface area contributed by atoms with Gasteiger partial charge in [-0.15, -0.1) is 0 Å². The van der Waals surface area contributed by atoms with Crippen molar-refractivity contribution in [3.05, 3.63) is 42.1 Å². The summed E-state index contributed by atoms with van der Waals surface area (Å²) in [5.74, 6) is 1.33. The van der Waals surface area contributed by atoms with Crippen LogP contribution in [0.3, 0.4) is 0 Å². The fourth-order valence-electron chi connectivity index (χ4n) is 0.845. The quantitative estimate of drug-likeness (QED) is 0.625. The van der Waals surface area contributed by atoms with Crippen molar-refractivity contribution in [3.63, 3.8) is 0 Å². The van der Waals surface area contributed by atoms with Crippen LogP contribution >= 0.6 is 0 Å². The molecule has 0 fully saturated rings. The maximum absolute atomic E-state index is 8.49. The summed E-state index contributed by atoms with van der Waals surface area (Å²) >= 11 is 0. The molecule has 4 heteroatoms. The van der Waals surface area contributed by atoms with Crippen molar-refractivity contribution in [2.24, 2.45) is 0 Å². The molecule has 0 spiro atoms. The van der Waals surface area contributed by atoms with E-state index in [1.807, 2.05) is 12.1 Å². The summed E-state index contributed by atoms with van der Waals surface area (Å²) in [5.41, 5.74) is 1.10. The Hall–Kier alpha value is -1.13. The predicted molar refractivity (Wildman–Crippen MR) is 47.3 cm³/mol. The van der Waals surface area contributed by atoms with Crippen molar-refractivity contribution >= 4 is 7.12 Å². The van der Waals surface area contributed by atoms with E-state index in [4.69, 9.17) is 10.0 Å². The zero-order chi connectivity index (χ0) is 8.81.